The summed E-state index contributed by atoms with van der Waals surface area (Å²) in [5.74, 6) is 0.474. The number of carbonyl (C=O) groups is 2. The molecule has 0 bridgehead atoms. The topological polar surface area (TPSA) is 76.7 Å². The van der Waals surface area contributed by atoms with Crippen LogP contribution < -0.4 is 20.1 Å². The van der Waals surface area contributed by atoms with E-state index in [1.807, 2.05) is 33.8 Å². The molecule has 0 aliphatic rings. The second-order valence-corrected chi connectivity index (χ2v) is 7.58. The van der Waals surface area contributed by atoms with E-state index < -0.39 is 5.54 Å². The van der Waals surface area contributed by atoms with Gasteiger partial charge in [0.15, 0.2) is 18.1 Å². The van der Waals surface area contributed by atoms with Gasteiger partial charge < -0.3 is 20.1 Å². The molecule has 0 atom stereocenters. The lowest BCUT2D eigenvalue weighted by atomic mass is 9.96. The summed E-state index contributed by atoms with van der Waals surface area (Å²) in [4.78, 5) is 24.4. The Morgan fingerprint density at radius 1 is 1.00 bits per heavy atom. The van der Waals surface area contributed by atoms with Crippen LogP contribution in [0, 0.1) is 5.41 Å². The number of amides is 2. The molecule has 6 heteroatoms. The molecule has 0 spiro atoms. The number of hydrogen-bond acceptors (Lipinski definition) is 4. The first kappa shape index (κ1) is 20.8. The SMILES string of the molecule is CCOc1ccccc1OCC(=O)NC(C)(C)C(=O)NCC(C)(C)C. The smallest absolute Gasteiger partial charge is 0.258 e. The van der Waals surface area contributed by atoms with E-state index in [9.17, 15) is 9.59 Å². The van der Waals surface area contributed by atoms with Crippen LogP contribution in [-0.4, -0.2) is 37.1 Å². The zero-order valence-electron chi connectivity index (χ0n) is 16.1. The normalized spacial score (nSPS) is 11.6. The van der Waals surface area contributed by atoms with Crippen LogP contribution in [0.1, 0.15) is 41.5 Å². The predicted octanol–water partition coefficient (Wildman–Crippen LogP) is 2.52. The lowest BCUT2D eigenvalue weighted by Gasteiger charge is -2.27. The van der Waals surface area contributed by atoms with Gasteiger partial charge in [0.05, 0.1) is 6.61 Å². The molecule has 0 radical (unpaired) electrons. The first-order valence-corrected chi connectivity index (χ1v) is 8.49. The minimum absolute atomic E-state index is 0.0259. The lowest BCUT2D eigenvalue weighted by molar-refractivity contribution is -0.133. The fourth-order valence-electron chi connectivity index (χ4n) is 2.00. The predicted molar refractivity (Wildman–Crippen MR) is 97.8 cm³/mol. The van der Waals surface area contributed by atoms with Crippen LogP contribution in [0.25, 0.3) is 0 Å². The fraction of sp³-hybridized carbons (Fsp3) is 0.579. The van der Waals surface area contributed by atoms with Gasteiger partial charge in [0.1, 0.15) is 5.54 Å². The summed E-state index contributed by atoms with van der Waals surface area (Å²) in [7, 11) is 0. The Hall–Kier alpha value is -2.24. The van der Waals surface area contributed by atoms with Crippen molar-refractivity contribution in [2.24, 2.45) is 5.41 Å². The summed E-state index contributed by atoms with van der Waals surface area (Å²) in [6, 6.07) is 7.15. The van der Waals surface area contributed by atoms with Crippen molar-refractivity contribution in [1.29, 1.82) is 0 Å². The minimum Gasteiger partial charge on any atom is -0.490 e. The molecule has 2 amide bonds. The quantitative estimate of drug-likeness (QED) is 0.755. The van der Waals surface area contributed by atoms with Crippen LogP contribution in [0.5, 0.6) is 11.5 Å². The van der Waals surface area contributed by atoms with E-state index in [4.69, 9.17) is 9.47 Å². The Balaban J connectivity index is 2.56. The number of benzene rings is 1. The molecule has 1 aromatic carbocycles. The Bertz CT molecular complexity index is 591. The number of nitrogens with one attached hydrogen (secondary N) is 2. The van der Waals surface area contributed by atoms with Gasteiger partial charge in [-0.3, -0.25) is 9.59 Å². The molecule has 1 rings (SSSR count). The Kier molecular flexibility index (Phi) is 7.27. The molecular weight excluding hydrogens is 320 g/mol. The van der Waals surface area contributed by atoms with Crippen LogP contribution in [0.15, 0.2) is 24.3 Å². The maximum Gasteiger partial charge on any atom is 0.258 e. The second-order valence-electron chi connectivity index (χ2n) is 7.58. The van der Waals surface area contributed by atoms with Crippen molar-refractivity contribution in [1.82, 2.24) is 10.6 Å². The van der Waals surface area contributed by atoms with Crippen molar-refractivity contribution in [3.05, 3.63) is 24.3 Å². The van der Waals surface area contributed by atoms with E-state index in [0.29, 0.717) is 24.7 Å². The molecule has 0 fully saturated rings. The minimum atomic E-state index is -1.02. The molecule has 0 saturated heterocycles. The fourth-order valence-corrected chi connectivity index (χ4v) is 2.00. The number of para-hydroxylation sites is 2. The van der Waals surface area contributed by atoms with Gasteiger partial charge >= 0.3 is 0 Å². The van der Waals surface area contributed by atoms with Crippen LogP contribution in [-0.2, 0) is 9.59 Å². The summed E-state index contributed by atoms with van der Waals surface area (Å²) < 4.78 is 11.0. The highest BCUT2D eigenvalue weighted by Crippen LogP contribution is 2.26. The highest BCUT2D eigenvalue weighted by Gasteiger charge is 2.30. The monoisotopic (exact) mass is 350 g/mol. The molecule has 6 nitrogen and oxygen atoms in total. The first-order chi connectivity index (χ1) is 11.5. The summed E-state index contributed by atoms with van der Waals surface area (Å²) in [6.45, 7) is 12.1. The number of rotatable bonds is 8. The molecule has 0 heterocycles. The third-order valence-electron chi connectivity index (χ3n) is 3.31. The summed E-state index contributed by atoms with van der Waals surface area (Å²) in [5, 5.41) is 5.55. The molecule has 0 saturated carbocycles. The van der Waals surface area contributed by atoms with Crippen molar-refractivity contribution in [3.8, 4) is 11.5 Å². The highest BCUT2D eigenvalue weighted by molar-refractivity contribution is 5.91. The van der Waals surface area contributed by atoms with Gasteiger partial charge in [-0.2, -0.15) is 0 Å². The molecule has 0 aromatic heterocycles. The van der Waals surface area contributed by atoms with Gasteiger partial charge in [-0.05, 0) is 38.3 Å². The molecule has 25 heavy (non-hydrogen) atoms. The Labute approximate surface area is 150 Å². The van der Waals surface area contributed by atoms with E-state index in [1.165, 1.54) is 0 Å². The largest absolute Gasteiger partial charge is 0.490 e. The number of hydrogen-bond donors (Lipinski definition) is 2. The highest BCUT2D eigenvalue weighted by atomic mass is 16.5. The van der Waals surface area contributed by atoms with E-state index in [2.05, 4.69) is 10.6 Å². The zero-order valence-corrected chi connectivity index (χ0v) is 16.1. The third-order valence-corrected chi connectivity index (χ3v) is 3.31. The van der Waals surface area contributed by atoms with Crippen molar-refractivity contribution in [3.63, 3.8) is 0 Å². The van der Waals surface area contributed by atoms with Gasteiger partial charge in [-0.25, -0.2) is 0 Å². The molecule has 140 valence electrons. The molecule has 0 aliphatic heterocycles. The van der Waals surface area contributed by atoms with Gasteiger partial charge in [0.25, 0.3) is 5.91 Å². The van der Waals surface area contributed by atoms with Crippen molar-refractivity contribution < 1.29 is 19.1 Å². The van der Waals surface area contributed by atoms with Crippen LogP contribution in [0.2, 0.25) is 0 Å². The lowest BCUT2D eigenvalue weighted by Crippen LogP contribution is -2.56. The van der Waals surface area contributed by atoms with Crippen molar-refractivity contribution >= 4 is 11.8 Å². The van der Waals surface area contributed by atoms with E-state index >= 15 is 0 Å². The molecular formula is C19H30N2O4. The van der Waals surface area contributed by atoms with E-state index in [0.717, 1.165) is 0 Å². The molecule has 2 N–H and O–H groups in total. The zero-order chi connectivity index (χ0) is 19.1. The van der Waals surface area contributed by atoms with Crippen LogP contribution in [0.4, 0.5) is 0 Å². The van der Waals surface area contributed by atoms with E-state index in [-0.39, 0.29) is 23.8 Å². The molecule has 0 aliphatic carbocycles. The van der Waals surface area contributed by atoms with Crippen molar-refractivity contribution in [2.45, 2.75) is 47.1 Å². The summed E-state index contributed by atoms with van der Waals surface area (Å²) in [6.07, 6.45) is 0. The summed E-state index contributed by atoms with van der Waals surface area (Å²) in [5.41, 5.74) is -1.05. The summed E-state index contributed by atoms with van der Waals surface area (Å²) >= 11 is 0. The van der Waals surface area contributed by atoms with Gasteiger partial charge in [-0.1, -0.05) is 32.9 Å². The average molecular weight is 350 g/mol. The number of carbonyl (C=O) groups excluding carboxylic acids is 2. The molecule has 1 aromatic rings. The van der Waals surface area contributed by atoms with Gasteiger partial charge in [0, 0.05) is 6.54 Å². The van der Waals surface area contributed by atoms with Crippen molar-refractivity contribution in [2.75, 3.05) is 19.8 Å². The van der Waals surface area contributed by atoms with Crippen LogP contribution >= 0.6 is 0 Å². The third kappa shape index (κ3) is 7.45. The van der Waals surface area contributed by atoms with Crippen LogP contribution in [0.3, 0.4) is 0 Å². The maximum absolute atomic E-state index is 12.3. The van der Waals surface area contributed by atoms with E-state index in [1.54, 1.807) is 32.0 Å². The first-order valence-electron chi connectivity index (χ1n) is 8.49. The van der Waals surface area contributed by atoms with Gasteiger partial charge in [-0.15, -0.1) is 0 Å². The Morgan fingerprint density at radius 2 is 1.56 bits per heavy atom. The maximum atomic E-state index is 12.3. The van der Waals surface area contributed by atoms with Gasteiger partial charge in [0.2, 0.25) is 5.91 Å². The number of ether oxygens (including phenoxy) is 2. The second kappa shape index (κ2) is 8.74. The Morgan fingerprint density at radius 3 is 2.08 bits per heavy atom. The average Bonchev–Trinajstić information content (AvgIpc) is 2.51. The standard InChI is InChI=1S/C19H30N2O4/c1-7-24-14-10-8-9-11-15(14)25-12-16(22)21-19(5,6)17(23)20-13-18(2,3)4/h8-11H,7,12-13H2,1-6H3,(H,20,23)(H,21,22). The molecule has 0 unspecified atom stereocenters.